The fourth-order valence-corrected chi connectivity index (χ4v) is 7.25. The second-order valence-electron chi connectivity index (χ2n) is 11.5. The molecule has 2 unspecified atom stereocenters. The predicted octanol–water partition coefficient (Wildman–Crippen LogP) is 0.892. The summed E-state index contributed by atoms with van der Waals surface area (Å²) >= 11 is 0. The van der Waals surface area contributed by atoms with E-state index in [4.69, 9.17) is 33.2 Å². The number of hydrogen-bond donors (Lipinski definition) is 4. The van der Waals surface area contributed by atoms with Gasteiger partial charge >= 0.3 is 5.97 Å². The van der Waals surface area contributed by atoms with Crippen molar-refractivity contribution in [2.75, 3.05) is 27.1 Å². The van der Waals surface area contributed by atoms with E-state index in [1.807, 2.05) is 6.07 Å². The lowest BCUT2D eigenvalue weighted by Crippen LogP contribution is -2.62. The third-order valence-electron chi connectivity index (χ3n) is 9.25. The average molecular weight is 587 g/mol. The number of hydrogen-bond acceptors (Lipinski definition) is 12. The zero-order chi connectivity index (χ0) is 29.3. The van der Waals surface area contributed by atoms with Gasteiger partial charge in [-0.2, -0.15) is 0 Å². The van der Waals surface area contributed by atoms with Crippen molar-refractivity contribution < 1.29 is 58.4 Å². The Morgan fingerprint density at radius 3 is 2.67 bits per heavy atom. The average Bonchev–Trinajstić information content (AvgIpc) is 3.61. The topological polar surface area (TPSA) is 163 Å². The Bertz CT molecular complexity index is 1370. The molecule has 5 aliphatic rings. The van der Waals surface area contributed by atoms with Crippen molar-refractivity contribution in [1.82, 2.24) is 0 Å². The van der Waals surface area contributed by atoms with Crippen LogP contribution in [0.2, 0.25) is 0 Å². The molecule has 9 atom stereocenters. The molecule has 0 radical (unpaired) electrons. The van der Waals surface area contributed by atoms with E-state index >= 15 is 0 Å². The van der Waals surface area contributed by atoms with Gasteiger partial charge in [-0.15, -0.1) is 0 Å². The highest BCUT2D eigenvalue weighted by molar-refractivity contribution is 5.79. The highest BCUT2D eigenvalue weighted by atomic mass is 16.7. The first-order valence-electron chi connectivity index (χ1n) is 14.2. The van der Waals surface area contributed by atoms with Crippen molar-refractivity contribution in [2.24, 2.45) is 11.8 Å². The Morgan fingerprint density at radius 2 is 1.88 bits per heavy atom. The molecule has 0 amide bonds. The summed E-state index contributed by atoms with van der Waals surface area (Å²) in [6.07, 6.45) is -4.29. The molecule has 0 aromatic heterocycles. The number of fused-ring (bicyclic) bond motifs is 4. The van der Waals surface area contributed by atoms with E-state index in [1.165, 1.54) is 7.11 Å². The number of phenols is 1. The highest BCUT2D eigenvalue weighted by Gasteiger charge is 2.51. The molecule has 4 N–H and O–H groups in total. The molecule has 12 heteroatoms. The maximum absolute atomic E-state index is 13.1. The van der Waals surface area contributed by atoms with Gasteiger partial charge in [-0.3, -0.25) is 4.79 Å². The first-order valence-corrected chi connectivity index (χ1v) is 14.2. The molecule has 2 aromatic rings. The van der Waals surface area contributed by atoms with Gasteiger partial charge in [0.25, 0.3) is 0 Å². The van der Waals surface area contributed by atoms with E-state index in [1.54, 1.807) is 19.1 Å². The molecule has 12 nitrogen and oxygen atoms in total. The summed E-state index contributed by atoms with van der Waals surface area (Å²) in [7, 11) is 1.43. The van der Waals surface area contributed by atoms with E-state index in [0.29, 0.717) is 23.5 Å². The third kappa shape index (κ3) is 4.31. The summed E-state index contributed by atoms with van der Waals surface area (Å²) in [5.74, 6) is -0.441. The highest BCUT2D eigenvalue weighted by Crippen LogP contribution is 2.53. The number of ether oxygens (including phenoxy) is 7. The van der Waals surface area contributed by atoms with Crippen molar-refractivity contribution >= 4 is 5.97 Å². The molecule has 3 saturated heterocycles. The molecule has 4 heterocycles. The van der Waals surface area contributed by atoms with Crippen LogP contribution in [0.4, 0.5) is 0 Å². The summed E-state index contributed by atoms with van der Waals surface area (Å²) in [6, 6.07) is 5.23. The summed E-state index contributed by atoms with van der Waals surface area (Å²) < 4.78 is 40.3. The quantitative estimate of drug-likeness (QED) is 0.367. The predicted molar refractivity (Wildman–Crippen MR) is 141 cm³/mol. The van der Waals surface area contributed by atoms with E-state index in [0.717, 1.165) is 16.7 Å². The van der Waals surface area contributed by atoms with Crippen LogP contribution in [0.1, 0.15) is 40.7 Å². The van der Waals surface area contributed by atoms with E-state index in [-0.39, 0.29) is 55.4 Å². The van der Waals surface area contributed by atoms with Crippen LogP contribution in [-0.2, 0) is 43.2 Å². The zero-order valence-corrected chi connectivity index (χ0v) is 23.2. The number of aliphatic hydroxyl groups excluding tert-OH is 3. The molecule has 7 rings (SSSR count). The van der Waals surface area contributed by atoms with Crippen molar-refractivity contribution in [3.63, 3.8) is 0 Å². The molecule has 2 aromatic carbocycles. The SMILES string of the molecule is COc1cc([C@@H]2c3cc4c(c(C[C@@H]5O[C@@H]6COC(C)O[C@H]6[C@H](O)[C@H]5O)c3C[C@H]3COC(=O)C32)OCO4)cc(CO)c1O. The van der Waals surface area contributed by atoms with E-state index in [9.17, 15) is 25.2 Å². The molecule has 42 heavy (non-hydrogen) atoms. The van der Waals surface area contributed by atoms with Gasteiger partial charge in [0.15, 0.2) is 29.3 Å². The maximum Gasteiger partial charge on any atom is 0.310 e. The molecule has 3 fully saturated rings. The zero-order valence-electron chi connectivity index (χ0n) is 23.2. The first kappa shape index (κ1) is 27.7. The minimum atomic E-state index is -1.23. The first-order chi connectivity index (χ1) is 20.3. The second-order valence-corrected chi connectivity index (χ2v) is 11.5. The van der Waals surface area contributed by atoms with Crippen LogP contribution in [0, 0.1) is 11.8 Å². The maximum atomic E-state index is 13.1. The second kappa shape index (κ2) is 10.5. The minimum Gasteiger partial charge on any atom is -0.504 e. The lowest BCUT2D eigenvalue weighted by molar-refractivity contribution is -0.320. The number of benzene rings is 2. The Balaban J connectivity index is 1.34. The van der Waals surface area contributed by atoms with Crippen molar-refractivity contribution in [2.45, 2.75) is 69.1 Å². The molecule has 226 valence electrons. The van der Waals surface area contributed by atoms with Crippen LogP contribution in [0.5, 0.6) is 23.0 Å². The number of methoxy groups -OCH3 is 1. The van der Waals surface area contributed by atoms with E-state index < -0.39 is 55.3 Å². The normalized spacial score (nSPS) is 34.8. The van der Waals surface area contributed by atoms with Gasteiger partial charge in [-0.25, -0.2) is 0 Å². The van der Waals surface area contributed by atoms with Crippen molar-refractivity contribution in [1.29, 1.82) is 0 Å². The molecule has 1 aliphatic carbocycles. The fraction of sp³-hybridized carbons (Fsp3) is 0.567. The van der Waals surface area contributed by atoms with Gasteiger partial charge in [0, 0.05) is 29.4 Å². The van der Waals surface area contributed by atoms with E-state index in [2.05, 4.69) is 0 Å². The Morgan fingerprint density at radius 1 is 1.05 bits per heavy atom. The standard InChI is InChI=1S/C30H34O12/c1-12-37-10-22-29(41-12)27(34)26(33)20(42-22)7-18-16-4-15-9-38-30(35)24(15)23(17(16)6-21-28(18)40-11-39-21)13-3-14(8-31)25(32)19(5-13)36-2/h3,5-6,12,15,20,22-24,26-27,29,31-34H,4,7-11H2,1-2H3/t12?,15-,20-,22+,23+,24?,26-,27+,29+/m0/s1. The molecular weight excluding hydrogens is 552 g/mol. The van der Waals surface area contributed by atoms with Gasteiger partial charge < -0.3 is 53.6 Å². The van der Waals surface area contributed by atoms with Crippen LogP contribution >= 0.6 is 0 Å². The lowest BCUT2D eigenvalue weighted by atomic mass is 9.66. The number of cyclic esters (lactones) is 1. The molecule has 4 aliphatic heterocycles. The Kier molecular flexibility index (Phi) is 6.95. The van der Waals surface area contributed by atoms with Crippen molar-refractivity contribution in [3.8, 4) is 23.0 Å². The number of carbonyl (C=O) groups is 1. The molecule has 0 spiro atoms. The van der Waals surface area contributed by atoms with Crippen LogP contribution in [0.3, 0.4) is 0 Å². The van der Waals surface area contributed by atoms with Gasteiger partial charge in [-0.05, 0) is 48.2 Å². The Hall–Kier alpha value is -3.13. The molecule has 0 saturated carbocycles. The molecule has 0 bridgehead atoms. The van der Waals surface area contributed by atoms with Crippen LogP contribution < -0.4 is 14.2 Å². The largest absolute Gasteiger partial charge is 0.504 e. The smallest absolute Gasteiger partial charge is 0.310 e. The minimum absolute atomic E-state index is 0.00740. The number of carbonyl (C=O) groups excluding carboxylic acids is 1. The number of rotatable bonds is 5. The van der Waals surface area contributed by atoms with Gasteiger partial charge in [-0.1, -0.05) is 0 Å². The summed E-state index contributed by atoms with van der Waals surface area (Å²) in [5.41, 5.74) is 3.43. The number of aliphatic hydroxyl groups is 3. The monoisotopic (exact) mass is 586 g/mol. The fourth-order valence-electron chi connectivity index (χ4n) is 7.25. The van der Waals surface area contributed by atoms with Crippen LogP contribution in [-0.4, -0.2) is 90.3 Å². The summed E-state index contributed by atoms with van der Waals surface area (Å²) in [6.45, 7) is 1.78. The molecular formula is C30H34O12. The van der Waals surface area contributed by atoms with Crippen LogP contribution in [0.15, 0.2) is 18.2 Å². The van der Waals surface area contributed by atoms with Gasteiger partial charge in [0.1, 0.15) is 24.4 Å². The lowest BCUT2D eigenvalue weighted by Gasteiger charge is -2.46. The Labute approximate surface area is 241 Å². The number of aromatic hydroxyl groups is 1. The summed E-state index contributed by atoms with van der Waals surface area (Å²) in [4.78, 5) is 13.1. The van der Waals surface area contributed by atoms with Crippen molar-refractivity contribution in [3.05, 3.63) is 46.0 Å². The van der Waals surface area contributed by atoms with Gasteiger partial charge in [0.05, 0.1) is 39.0 Å². The summed E-state index contributed by atoms with van der Waals surface area (Å²) in [5, 5.41) is 42.6. The number of esters is 1. The van der Waals surface area contributed by atoms with Crippen LogP contribution in [0.25, 0.3) is 0 Å². The third-order valence-corrected chi connectivity index (χ3v) is 9.25. The van der Waals surface area contributed by atoms with Gasteiger partial charge in [0.2, 0.25) is 6.79 Å².